The molecule has 0 saturated carbocycles. The summed E-state index contributed by atoms with van der Waals surface area (Å²) in [6, 6.07) is 3.88. The summed E-state index contributed by atoms with van der Waals surface area (Å²) < 4.78 is 17.3. The van der Waals surface area contributed by atoms with Gasteiger partial charge in [0.25, 0.3) is 0 Å². The predicted octanol–water partition coefficient (Wildman–Crippen LogP) is 3.76. The highest BCUT2D eigenvalue weighted by molar-refractivity contribution is 9.10. The summed E-state index contributed by atoms with van der Waals surface area (Å²) in [6.07, 6.45) is 3.33. The van der Waals surface area contributed by atoms with Crippen molar-refractivity contribution in [2.24, 2.45) is 0 Å². The smallest absolute Gasteiger partial charge is 0.166 e. The lowest BCUT2D eigenvalue weighted by Gasteiger charge is -2.15. The molecule has 0 amide bonds. The number of halogens is 1. The van der Waals surface area contributed by atoms with Gasteiger partial charge in [0.05, 0.1) is 14.2 Å². The molecule has 0 aliphatic carbocycles. The Morgan fingerprint density at radius 1 is 1.10 bits per heavy atom. The van der Waals surface area contributed by atoms with Gasteiger partial charge in [-0.3, -0.25) is 0 Å². The molecule has 0 heterocycles. The van der Waals surface area contributed by atoms with E-state index in [0.29, 0.717) is 0 Å². The van der Waals surface area contributed by atoms with E-state index in [9.17, 15) is 0 Å². The third kappa shape index (κ3) is 6.24. The Bertz CT molecular complexity index is 413. The number of methoxy groups -OCH3 is 2. The Morgan fingerprint density at radius 3 is 2.52 bits per heavy atom. The largest absolute Gasteiger partial charge is 0.493 e. The summed E-state index contributed by atoms with van der Waals surface area (Å²) in [5.74, 6) is 1.53. The second kappa shape index (κ2) is 10.9. The predicted molar refractivity (Wildman–Crippen MR) is 89.3 cm³/mol. The first-order valence-electron chi connectivity index (χ1n) is 7.42. The maximum absolute atomic E-state index is 5.54. The van der Waals surface area contributed by atoms with Gasteiger partial charge >= 0.3 is 0 Å². The average molecular weight is 360 g/mol. The van der Waals surface area contributed by atoms with Gasteiger partial charge in [0.15, 0.2) is 11.5 Å². The number of rotatable bonds is 11. The first-order valence-corrected chi connectivity index (χ1v) is 8.21. The minimum absolute atomic E-state index is 0.732. The van der Waals surface area contributed by atoms with Crippen LogP contribution in [0.4, 0.5) is 0 Å². The van der Waals surface area contributed by atoms with Crippen molar-refractivity contribution in [3.63, 3.8) is 0 Å². The van der Waals surface area contributed by atoms with Gasteiger partial charge in [-0.05, 0) is 31.5 Å². The average Bonchev–Trinajstić information content (AvgIpc) is 2.50. The molecule has 0 fully saturated rings. The molecule has 21 heavy (non-hydrogen) atoms. The minimum atomic E-state index is 0.732. The summed E-state index contributed by atoms with van der Waals surface area (Å²) in [5, 5.41) is 3.41. The Morgan fingerprint density at radius 2 is 1.86 bits per heavy atom. The highest BCUT2D eigenvalue weighted by Gasteiger charge is 2.12. The molecule has 0 aliphatic heterocycles. The number of benzene rings is 1. The number of ether oxygens (including phenoxy) is 3. The van der Waals surface area contributed by atoms with Gasteiger partial charge in [-0.25, -0.2) is 0 Å². The van der Waals surface area contributed by atoms with E-state index in [0.717, 1.165) is 60.7 Å². The molecule has 1 aromatic carbocycles. The molecule has 1 N–H and O–H groups in total. The van der Waals surface area contributed by atoms with E-state index in [1.165, 1.54) is 6.42 Å². The summed E-state index contributed by atoms with van der Waals surface area (Å²) >= 11 is 3.56. The van der Waals surface area contributed by atoms with Crippen LogP contribution in [0, 0.1) is 0 Å². The van der Waals surface area contributed by atoms with E-state index in [1.54, 1.807) is 14.2 Å². The Hall–Kier alpha value is -0.780. The molecule has 0 bridgehead atoms. The topological polar surface area (TPSA) is 39.7 Å². The van der Waals surface area contributed by atoms with Crippen molar-refractivity contribution in [2.45, 2.75) is 32.7 Å². The molecule has 4 nitrogen and oxygen atoms in total. The van der Waals surface area contributed by atoms with E-state index >= 15 is 0 Å². The van der Waals surface area contributed by atoms with Gasteiger partial charge in [-0.2, -0.15) is 0 Å². The van der Waals surface area contributed by atoms with Crippen LogP contribution >= 0.6 is 15.9 Å². The zero-order valence-corrected chi connectivity index (χ0v) is 14.8. The van der Waals surface area contributed by atoms with Gasteiger partial charge in [-0.1, -0.05) is 29.3 Å². The van der Waals surface area contributed by atoms with Crippen LogP contribution in [0.25, 0.3) is 0 Å². The summed E-state index contributed by atoms with van der Waals surface area (Å²) in [7, 11) is 3.31. The lowest BCUT2D eigenvalue weighted by Crippen LogP contribution is -2.17. The van der Waals surface area contributed by atoms with Gasteiger partial charge in [0, 0.05) is 29.8 Å². The van der Waals surface area contributed by atoms with E-state index in [-0.39, 0.29) is 0 Å². The molecule has 0 aliphatic rings. The van der Waals surface area contributed by atoms with Crippen molar-refractivity contribution in [1.82, 2.24) is 5.32 Å². The highest BCUT2D eigenvalue weighted by Crippen LogP contribution is 2.35. The monoisotopic (exact) mass is 359 g/mol. The summed E-state index contributed by atoms with van der Waals surface area (Å²) in [5.41, 5.74) is 1.07. The standard InChI is InChI=1S/C16H26BrNO3/c1-4-5-10-21-11-6-9-18-12-13-14(17)7-8-15(19-2)16(13)20-3/h7-8,18H,4-6,9-12H2,1-3H3. The minimum Gasteiger partial charge on any atom is -0.493 e. The van der Waals surface area contributed by atoms with E-state index in [4.69, 9.17) is 14.2 Å². The fraction of sp³-hybridized carbons (Fsp3) is 0.625. The highest BCUT2D eigenvalue weighted by atomic mass is 79.9. The van der Waals surface area contributed by atoms with Crippen LogP contribution in [-0.4, -0.2) is 34.0 Å². The van der Waals surface area contributed by atoms with Crippen molar-refractivity contribution in [3.05, 3.63) is 22.2 Å². The quantitative estimate of drug-likeness (QED) is 0.610. The fourth-order valence-corrected chi connectivity index (χ4v) is 2.45. The number of hydrogen-bond donors (Lipinski definition) is 1. The normalized spacial score (nSPS) is 10.7. The van der Waals surface area contributed by atoms with E-state index < -0.39 is 0 Å². The molecule has 0 atom stereocenters. The molecular weight excluding hydrogens is 334 g/mol. The summed E-state index contributed by atoms with van der Waals surface area (Å²) in [4.78, 5) is 0. The molecule has 0 saturated heterocycles. The molecule has 0 aromatic heterocycles. The molecule has 120 valence electrons. The number of unbranched alkanes of at least 4 members (excludes halogenated alkanes) is 1. The van der Waals surface area contributed by atoms with Crippen molar-refractivity contribution < 1.29 is 14.2 Å². The molecule has 0 spiro atoms. The Labute approximate surface area is 136 Å². The third-order valence-corrected chi connectivity index (χ3v) is 3.92. The van der Waals surface area contributed by atoms with Crippen LogP contribution in [0.3, 0.4) is 0 Å². The van der Waals surface area contributed by atoms with Crippen LogP contribution in [0.5, 0.6) is 11.5 Å². The maximum atomic E-state index is 5.54. The molecule has 1 rings (SSSR count). The zero-order valence-electron chi connectivity index (χ0n) is 13.2. The van der Waals surface area contributed by atoms with Crippen molar-refractivity contribution in [2.75, 3.05) is 34.0 Å². The molecule has 1 aromatic rings. The fourth-order valence-electron chi connectivity index (χ4n) is 1.99. The first kappa shape index (κ1) is 18.3. The van der Waals surface area contributed by atoms with Crippen molar-refractivity contribution in [3.8, 4) is 11.5 Å². The van der Waals surface area contributed by atoms with Crippen molar-refractivity contribution in [1.29, 1.82) is 0 Å². The zero-order chi connectivity index (χ0) is 15.5. The first-order chi connectivity index (χ1) is 10.2. The van der Waals surface area contributed by atoms with Gasteiger partial charge in [0.2, 0.25) is 0 Å². The molecule has 5 heteroatoms. The SMILES string of the molecule is CCCCOCCCNCc1c(Br)ccc(OC)c1OC. The Balaban J connectivity index is 2.38. The molecule has 0 radical (unpaired) electrons. The van der Waals surface area contributed by atoms with Crippen LogP contribution in [0.1, 0.15) is 31.7 Å². The van der Waals surface area contributed by atoms with Crippen molar-refractivity contribution >= 4 is 15.9 Å². The summed E-state index contributed by atoms with van der Waals surface area (Å²) in [6.45, 7) is 5.49. The second-order valence-corrected chi connectivity index (χ2v) is 5.61. The van der Waals surface area contributed by atoms with E-state index in [1.807, 2.05) is 12.1 Å². The van der Waals surface area contributed by atoms with Gasteiger partial charge in [-0.15, -0.1) is 0 Å². The lowest BCUT2D eigenvalue weighted by atomic mass is 10.2. The van der Waals surface area contributed by atoms with Crippen LogP contribution < -0.4 is 14.8 Å². The molecule has 0 unspecified atom stereocenters. The molecular formula is C16H26BrNO3. The van der Waals surface area contributed by atoms with E-state index in [2.05, 4.69) is 28.2 Å². The number of nitrogens with one attached hydrogen (secondary N) is 1. The third-order valence-electron chi connectivity index (χ3n) is 3.18. The van der Waals surface area contributed by atoms with Gasteiger partial charge < -0.3 is 19.5 Å². The lowest BCUT2D eigenvalue weighted by molar-refractivity contribution is 0.128. The number of hydrogen-bond acceptors (Lipinski definition) is 4. The second-order valence-electron chi connectivity index (χ2n) is 4.76. The van der Waals surface area contributed by atoms with Crippen LogP contribution in [-0.2, 0) is 11.3 Å². The maximum Gasteiger partial charge on any atom is 0.166 e. The van der Waals surface area contributed by atoms with Crippen LogP contribution in [0.15, 0.2) is 16.6 Å². The Kier molecular flexibility index (Phi) is 9.46. The van der Waals surface area contributed by atoms with Crippen LogP contribution in [0.2, 0.25) is 0 Å². The van der Waals surface area contributed by atoms with Gasteiger partial charge in [0.1, 0.15) is 0 Å².